The third-order valence-electron chi connectivity index (χ3n) is 4.94. The number of nitrogens with one attached hydrogen (secondary N) is 2. The first kappa shape index (κ1) is 16.2. The van der Waals surface area contributed by atoms with Gasteiger partial charge in [0.25, 0.3) is 0 Å². The summed E-state index contributed by atoms with van der Waals surface area (Å²) in [6.07, 6.45) is 6.84. The van der Waals surface area contributed by atoms with Crippen LogP contribution < -0.4 is 15.5 Å². The molecule has 7 nitrogen and oxygen atoms in total. The summed E-state index contributed by atoms with van der Waals surface area (Å²) in [6.45, 7) is 3.49. The number of hydrogen-bond acceptors (Lipinski definition) is 7. The van der Waals surface area contributed by atoms with Gasteiger partial charge in [0.1, 0.15) is 5.82 Å². The minimum Gasteiger partial charge on any atom is -0.395 e. The maximum Gasteiger partial charge on any atom is 0.224 e. The molecule has 4 rings (SSSR count). The molecule has 4 heterocycles. The second kappa shape index (κ2) is 7.33. The Kier molecular flexibility index (Phi) is 4.76. The fourth-order valence-electron chi connectivity index (χ4n) is 3.73. The van der Waals surface area contributed by atoms with Gasteiger partial charge in [-0.3, -0.25) is 4.98 Å². The van der Waals surface area contributed by atoms with E-state index in [-0.39, 0.29) is 6.61 Å². The zero-order chi connectivity index (χ0) is 17.1. The lowest BCUT2D eigenvalue weighted by Crippen LogP contribution is -2.28. The van der Waals surface area contributed by atoms with Crippen molar-refractivity contribution in [2.24, 2.45) is 0 Å². The molecule has 0 spiro atoms. The van der Waals surface area contributed by atoms with E-state index >= 15 is 0 Å². The Morgan fingerprint density at radius 3 is 2.92 bits per heavy atom. The molecule has 25 heavy (non-hydrogen) atoms. The first-order chi connectivity index (χ1) is 12.4. The molecular formula is C18H24N6O. The number of anilines is 3. The topological polar surface area (TPSA) is 86.2 Å². The molecule has 0 aliphatic carbocycles. The summed E-state index contributed by atoms with van der Waals surface area (Å²) < 4.78 is 0. The van der Waals surface area contributed by atoms with Crippen LogP contribution in [0.3, 0.4) is 0 Å². The van der Waals surface area contributed by atoms with E-state index in [1.165, 1.54) is 11.3 Å². The summed E-state index contributed by atoms with van der Waals surface area (Å²) >= 11 is 0. The van der Waals surface area contributed by atoms with Gasteiger partial charge in [0.05, 0.1) is 24.2 Å². The third-order valence-corrected chi connectivity index (χ3v) is 4.94. The van der Waals surface area contributed by atoms with E-state index in [1.54, 1.807) is 6.20 Å². The zero-order valence-corrected chi connectivity index (χ0v) is 14.3. The number of nitrogens with zero attached hydrogens (tertiary/aromatic N) is 4. The van der Waals surface area contributed by atoms with Crippen molar-refractivity contribution in [3.63, 3.8) is 0 Å². The minimum absolute atomic E-state index is 0.0649. The molecule has 1 saturated heterocycles. The molecule has 2 aliphatic heterocycles. The van der Waals surface area contributed by atoms with Crippen LogP contribution in [0.1, 0.15) is 30.0 Å². The lowest BCUT2D eigenvalue weighted by molar-refractivity contribution is 0.310. The predicted octanol–water partition coefficient (Wildman–Crippen LogP) is 1.44. The molecule has 0 aromatic carbocycles. The highest BCUT2D eigenvalue weighted by molar-refractivity contribution is 5.68. The lowest BCUT2D eigenvalue weighted by Gasteiger charge is -2.25. The number of aromatic nitrogens is 3. The van der Waals surface area contributed by atoms with Gasteiger partial charge in [-0.2, -0.15) is 4.98 Å². The van der Waals surface area contributed by atoms with Crippen LogP contribution in [-0.4, -0.2) is 52.8 Å². The van der Waals surface area contributed by atoms with Crippen LogP contribution in [0.5, 0.6) is 0 Å². The van der Waals surface area contributed by atoms with E-state index in [4.69, 9.17) is 15.1 Å². The van der Waals surface area contributed by atoms with Crippen LogP contribution in [0.2, 0.25) is 0 Å². The van der Waals surface area contributed by atoms with Crippen molar-refractivity contribution in [1.29, 1.82) is 0 Å². The second-order valence-electron chi connectivity index (χ2n) is 6.52. The van der Waals surface area contributed by atoms with E-state index in [0.717, 1.165) is 50.4 Å². The minimum atomic E-state index is 0.0649. The Morgan fingerprint density at radius 2 is 2.16 bits per heavy atom. The highest BCUT2D eigenvalue weighted by atomic mass is 16.3. The Bertz CT molecular complexity index is 717. The highest BCUT2D eigenvalue weighted by Crippen LogP contribution is 2.38. The van der Waals surface area contributed by atoms with Gasteiger partial charge in [0, 0.05) is 30.8 Å². The van der Waals surface area contributed by atoms with Gasteiger partial charge in [-0.15, -0.1) is 0 Å². The largest absolute Gasteiger partial charge is 0.395 e. The average Bonchev–Trinajstić information content (AvgIpc) is 3.11. The second-order valence-corrected chi connectivity index (χ2v) is 6.52. The van der Waals surface area contributed by atoms with E-state index < -0.39 is 0 Å². The number of rotatable bonds is 5. The number of pyridine rings is 1. The number of aliphatic hydroxyl groups is 1. The normalized spacial score (nSPS) is 17.6. The van der Waals surface area contributed by atoms with Crippen molar-refractivity contribution in [1.82, 2.24) is 20.3 Å². The SMILES string of the molecule is OCCNc1nc(C2CCNCC2)c2c(n1)N(c1cccnc1)CC2. The first-order valence-electron chi connectivity index (χ1n) is 9.00. The van der Waals surface area contributed by atoms with Crippen molar-refractivity contribution in [3.05, 3.63) is 35.8 Å². The number of piperidine rings is 1. The maximum atomic E-state index is 9.12. The highest BCUT2D eigenvalue weighted by Gasteiger charge is 2.30. The van der Waals surface area contributed by atoms with Crippen molar-refractivity contribution in [2.45, 2.75) is 25.2 Å². The molecule has 1 fully saturated rings. The zero-order valence-electron chi connectivity index (χ0n) is 14.3. The van der Waals surface area contributed by atoms with Gasteiger partial charge in [0.2, 0.25) is 5.95 Å². The molecule has 0 amide bonds. The molecule has 2 aromatic heterocycles. The standard InChI is InChI=1S/C18H24N6O/c25-11-9-21-18-22-16(13-3-7-19-8-4-13)15-5-10-24(17(15)23-18)14-2-1-6-20-12-14/h1-2,6,12-13,19,25H,3-5,7-11H2,(H,21,22,23). The molecule has 3 N–H and O–H groups in total. The molecule has 0 saturated carbocycles. The average molecular weight is 340 g/mol. The van der Waals surface area contributed by atoms with Gasteiger partial charge in [-0.1, -0.05) is 0 Å². The summed E-state index contributed by atoms with van der Waals surface area (Å²) in [5, 5.41) is 15.7. The molecule has 2 aliphatic rings. The van der Waals surface area contributed by atoms with Gasteiger partial charge in [-0.25, -0.2) is 4.98 Å². The molecular weight excluding hydrogens is 316 g/mol. The Morgan fingerprint density at radius 1 is 1.28 bits per heavy atom. The van der Waals surface area contributed by atoms with Crippen LogP contribution in [0.4, 0.5) is 17.5 Å². The molecule has 0 unspecified atom stereocenters. The van der Waals surface area contributed by atoms with Gasteiger partial charge in [0.15, 0.2) is 0 Å². The van der Waals surface area contributed by atoms with E-state index in [2.05, 4.69) is 26.6 Å². The molecule has 0 atom stereocenters. The molecule has 132 valence electrons. The van der Waals surface area contributed by atoms with Gasteiger partial charge in [-0.05, 0) is 44.5 Å². The van der Waals surface area contributed by atoms with Crippen molar-refractivity contribution in [2.75, 3.05) is 43.0 Å². The summed E-state index contributed by atoms with van der Waals surface area (Å²) in [7, 11) is 0. The van der Waals surface area contributed by atoms with Crippen LogP contribution in [0.15, 0.2) is 24.5 Å². The van der Waals surface area contributed by atoms with E-state index in [9.17, 15) is 0 Å². The van der Waals surface area contributed by atoms with Crippen LogP contribution in [0.25, 0.3) is 0 Å². The predicted molar refractivity (Wildman–Crippen MR) is 97.4 cm³/mol. The Balaban J connectivity index is 1.73. The third kappa shape index (κ3) is 3.29. The maximum absolute atomic E-state index is 9.12. The Labute approximate surface area is 147 Å². The van der Waals surface area contributed by atoms with Crippen LogP contribution >= 0.6 is 0 Å². The van der Waals surface area contributed by atoms with Crippen molar-refractivity contribution >= 4 is 17.5 Å². The van der Waals surface area contributed by atoms with E-state index in [0.29, 0.717) is 18.4 Å². The van der Waals surface area contributed by atoms with E-state index in [1.807, 2.05) is 12.3 Å². The van der Waals surface area contributed by atoms with Gasteiger partial charge >= 0.3 is 0 Å². The van der Waals surface area contributed by atoms with Crippen LogP contribution in [0, 0.1) is 0 Å². The lowest BCUT2D eigenvalue weighted by atomic mass is 9.91. The molecule has 0 radical (unpaired) electrons. The summed E-state index contributed by atoms with van der Waals surface area (Å²) in [5.41, 5.74) is 3.51. The Hall–Kier alpha value is -2.25. The van der Waals surface area contributed by atoms with Crippen molar-refractivity contribution in [3.8, 4) is 0 Å². The van der Waals surface area contributed by atoms with Crippen molar-refractivity contribution < 1.29 is 5.11 Å². The number of hydrogen-bond donors (Lipinski definition) is 3. The first-order valence-corrected chi connectivity index (χ1v) is 9.00. The summed E-state index contributed by atoms with van der Waals surface area (Å²) in [6, 6.07) is 4.02. The number of aliphatic hydroxyl groups excluding tert-OH is 1. The summed E-state index contributed by atoms with van der Waals surface area (Å²) in [4.78, 5) is 16.0. The molecule has 2 aromatic rings. The molecule has 0 bridgehead atoms. The summed E-state index contributed by atoms with van der Waals surface area (Å²) in [5.74, 6) is 2.07. The smallest absolute Gasteiger partial charge is 0.224 e. The molecule has 7 heteroatoms. The van der Waals surface area contributed by atoms with Gasteiger partial charge < -0.3 is 20.6 Å². The van der Waals surface area contributed by atoms with Crippen LogP contribution in [-0.2, 0) is 6.42 Å². The monoisotopic (exact) mass is 340 g/mol. The quantitative estimate of drug-likeness (QED) is 0.759. The fourth-order valence-corrected chi connectivity index (χ4v) is 3.73. The number of fused-ring (bicyclic) bond motifs is 1. The fraction of sp³-hybridized carbons (Fsp3) is 0.500.